The molecule has 0 spiro atoms. The van der Waals surface area contributed by atoms with Gasteiger partial charge in [-0.1, -0.05) is 19.3 Å². The highest BCUT2D eigenvalue weighted by Gasteiger charge is 2.33. The summed E-state index contributed by atoms with van der Waals surface area (Å²) in [6, 6.07) is 4.71. The second-order valence-electron chi connectivity index (χ2n) is 5.51. The average Bonchev–Trinajstić information content (AvgIpc) is 2.46. The van der Waals surface area contributed by atoms with Crippen molar-refractivity contribution < 1.29 is 0 Å². The Morgan fingerprint density at radius 2 is 1.67 bits per heavy atom. The maximum Gasteiger partial charge on any atom is 0.167 e. The van der Waals surface area contributed by atoms with Crippen LogP contribution in [0.4, 0.5) is 0 Å². The molecule has 0 amide bonds. The molecule has 0 saturated heterocycles. The summed E-state index contributed by atoms with van der Waals surface area (Å²) in [5.74, 6) is 0.00170. The molecule has 2 rings (SSSR count). The van der Waals surface area contributed by atoms with E-state index in [4.69, 9.17) is 5.26 Å². The van der Waals surface area contributed by atoms with E-state index >= 15 is 0 Å². The Kier molecular flexibility index (Phi) is 4.31. The van der Waals surface area contributed by atoms with Gasteiger partial charge in [-0.05, 0) is 38.5 Å². The van der Waals surface area contributed by atoms with E-state index in [1.807, 2.05) is 0 Å². The van der Waals surface area contributed by atoms with Crippen molar-refractivity contribution >= 4 is 0 Å². The van der Waals surface area contributed by atoms with Crippen LogP contribution in [0.1, 0.15) is 57.8 Å². The summed E-state index contributed by atoms with van der Waals surface area (Å²) in [6.45, 7) is 0. The monoisotopic (exact) mass is 244 g/mol. The van der Waals surface area contributed by atoms with E-state index in [2.05, 4.69) is 22.4 Å². The Balaban J connectivity index is 2.04. The van der Waals surface area contributed by atoms with E-state index < -0.39 is 5.54 Å². The van der Waals surface area contributed by atoms with Crippen LogP contribution in [-0.4, -0.2) is 11.6 Å². The van der Waals surface area contributed by atoms with Crippen LogP contribution in [0.2, 0.25) is 0 Å². The van der Waals surface area contributed by atoms with Gasteiger partial charge in [0, 0.05) is 0 Å². The first kappa shape index (κ1) is 13.0. The predicted octanol–water partition coefficient (Wildman–Crippen LogP) is 3.75. The van der Waals surface area contributed by atoms with E-state index in [1.165, 1.54) is 6.42 Å². The minimum Gasteiger partial charge on any atom is -0.198 e. The number of rotatable bonds is 2. The lowest BCUT2D eigenvalue weighted by atomic mass is 9.83. The van der Waals surface area contributed by atoms with Gasteiger partial charge in [0.2, 0.25) is 0 Å². The molecule has 4 heteroatoms. The molecule has 0 bridgehead atoms. The Hall–Kier alpha value is -1.42. The molecular weight excluding hydrogens is 224 g/mol. The van der Waals surface area contributed by atoms with Crippen molar-refractivity contribution in [3.05, 3.63) is 0 Å². The van der Waals surface area contributed by atoms with Crippen molar-refractivity contribution in [2.75, 3.05) is 0 Å². The molecule has 2 aliphatic rings. The summed E-state index contributed by atoms with van der Waals surface area (Å²) >= 11 is 0. The molecule has 0 N–H and O–H groups in total. The van der Waals surface area contributed by atoms with Crippen LogP contribution in [-0.2, 0) is 0 Å². The molecule has 18 heavy (non-hydrogen) atoms. The van der Waals surface area contributed by atoms with Gasteiger partial charge >= 0.3 is 0 Å². The highest BCUT2D eigenvalue weighted by atomic mass is 15.2. The van der Waals surface area contributed by atoms with Crippen LogP contribution in [0, 0.1) is 28.6 Å². The van der Waals surface area contributed by atoms with Crippen molar-refractivity contribution in [3.63, 3.8) is 0 Å². The Bertz CT molecular complexity index is 382. The number of azo groups is 1. The van der Waals surface area contributed by atoms with Crippen LogP contribution in [0.3, 0.4) is 0 Å². The number of hydrogen-bond acceptors (Lipinski definition) is 4. The van der Waals surface area contributed by atoms with Crippen molar-refractivity contribution in [1.82, 2.24) is 0 Å². The third-order valence-corrected chi connectivity index (χ3v) is 4.18. The Morgan fingerprint density at radius 3 is 2.33 bits per heavy atom. The summed E-state index contributed by atoms with van der Waals surface area (Å²) in [7, 11) is 0. The fraction of sp³-hybridized carbons (Fsp3) is 0.857. The first-order valence-electron chi connectivity index (χ1n) is 7.02. The van der Waals surface area contributed by atoms with Gasteiger partial charge in [0.05, 0.1) is 24.1 Å². The molecule has 0 aliphatic heterocycles. The molecule has 2 aliphatic carbocycles. The van der Waals surface area contributed by atoms with Gasteiger partial charge in [-0.3, -0.25) is 0 Å². The fourth-order valence-electron chi connectivity index (χ4n) is 2.96. The van der Waals surface area contributed by atoms with Crippen molar-refractivity contribution in [1.29, 1.82) is 10.5 Å². The van der Waals surface area contributed by atoms with Gasteiger partial charge in [-0.25, -0.2) is 0 Å². The number of nitrogens with zero attached hydrogens (tertiary/aromatic N) is 4. The molecule has 2 unspecified atom stereocenters. The van der Waals surface area contributed by atoms with Gasteiger partial charge < -0.3 is 0 Å². The fourth-order valence-corrected chi connectivity index (χ4v) is 2.96. The second-order valence-corrected chi connectivity index (χ2v) is 5.51. The first-order valence-corrected chi connectivity index (χ1v) is 7.02. The van der Waals surface area contributed by atoms with Gasteiger partial charge in [0.1, 0.15) is 0 Å². The highest BCUT2D eigenvalue weighted by Crippen LogP contribution is 2.33. The lowest BCUT2D eigenvalue weighted by Gasteiger charge is -2.27. The summed E-state index contributed by atoms with van der Waals surface area (Å²) in [4.78, 5) is 0. The van der Waals surface area contributed by atoms with Crippen LogP contribution >= 0.6 is 0 Å². The van der Waals surface area contributed by atoms with Crippen molar-refractivity contribution in [2.24, 2.45) is 16.1 Å². The lowest BCUT2D eigenvalue weighted by Crippen LogP contribution is -2.28. The SMILES string of the molecule is N#CC1CCCCC1N=NC1(C#N)CCCCC1. The maximum atomic E-state index is 9.33. The predicted molar refractivity (Wildman–Crippen MR) is 67.6 cm³/mol. The average molecular weight is 244 g/mol. The molecule has 2 fully saturated rings. The molecule has 0 heterocycles. The Labute approximate surface area is 109 Å². The Morgan fingerprint density at radius 1 is 0.944 bits per heavy atom. The number of hydrogen-bond donors (Lipinski definition) is 0. The van der Waals surface area contributed by atoms with Crippen molar-refractivity contribution in [2.45, 2.75) is 69.4 Å². The quantitative estimate of drug-likeness (QED) is 0.694. The molecule has 4 nitrogen and oxygen atoms in total. The third kappa shape index (κ3) is 2.88. The standard InChI is InChI=1S/C14H20N4/c15-10-12-6-2-3-7-13(12)17-18-14(11-16)8-4-1-5-9-14/h12-13H,1-9H2. The molecule has 0 aromatic rings. The van der Waals surface area contributed by atoms with Crippen LogP contribution in [0.15, 0.2) is 10.2 Å². The molecule has 0 aromatic heterocycles. The van der Waals surface area contributed by atoms with Crippen LogP contribution < -0.4 is 0 Å². The zero-order valence-electron chi connectivity index (χ0n) is 10.8. The zero-order chi connectivity index (χ0) is 12.8. The highest BCUT2D eigenvalue weighted by molar-refractivity contribution is 5.08. The minimum atomic E-state index is -0.588. The minimum absolute atomic E-state index is 0.00170. The topological polar surface area (TPSA) is 72.3 Å². The zero-order valence-corrected chi connectivity index (χ0v) is 10.8. The summed E-state index contributed by atoms with van der Waals surface area (Å²) in [5, 5.41) is 27.2. The van der Waals surface area contributed by atoms with E-state index in [0.29, 0.717) is 0 Å². The largest absolute Gasteiger partial charge is 0.198 e. The molecule has 0 radical (unpaired) electrons. The van der Waals surface area contributed by atoms with Gasteiger partial charge in [-0.2, -0.15) is 20.8 Å². The summed E-state index contributed by atoms with van der Waals surface area (Å²) < 4.78 is 0. The maximum absolute atomic E-state index is 9.33. The molecule has 0 aromatic carbocycles. The van der Waals surface area contributed by atoms with Crippen LogP contribution in [0.25, 0.3) is 0 Å². The van der Waals surface area contributed by atoms with E-state index in [1.54, 1.807) is 0 Å². The van der Waals surface area contributed by atoms with Gasteiger partial charge in [0.25, 0.3) is 0 Å². The molecular formula is C14H20N4. The molecule has 2 atom stereocenters. The normalized spacial score (nSPS) is 31.7. The summed E-state index contributed by atoms with van der Waals surface area (Å²) in [5.41, 5.74) is -0.588. The number of nitriles is 2. The third-order valence-electron chi connectivity index (χ3n) is 4.18. The van der Waals surface area contributed by atoms with Gasteiger partial charge in [0.15, 0.2) is 5.54 Å². The van der Waals surface area contributed by atoms with E-state index in [-0.39, 0.29) is 12.0 Å². The van der Waals surface area contributed by atoms with Crippen molar-refractivity contribution in [3.8, 4) is 12.1 Å². The first-order chi connectivity index (χ1) is 8.79. The van der Waals surface area contributed by atoms with E-state index in [0.717, 1.165) is 51.4 Å². The van der Waals surface area contributed by atoms with Crippen LogP contribution in [0.5, 0.6) is 0 Å². The lowest BCUT2D eigenvalue weighted by molar-refractivity contribution is 0.317. The smallest absolute Gasteiger partial charge is 0.167 e. The molecule has 2 saturated carbocycles. The summed E-state index contributed by atoms with van der Waals surface area (Å²) in [6.07, 6.45) is 9.12. The van der Waals surface area contributed by atoms with Gasteiger partial charge in [-0.15, -0.1) is 0 Å². The molecule has 96 valence electrons. The van der Waals surface area contributed by atoms with E-state index in [9.17, 15) is 5.26 Å². The second kappa shape index (κ2) is 5.96.